The maximum Gasteiger partial charge on any atom is 0.321 e. The highest BCUT2D eigenvalue weighted by Crippen LogP contribution is 2.31. The summed E-state index contributed by atoms with van der Waals surface area (Å²) < 4.78 is 8.13. The lowest BCUT2D eigenvalue weighted by Gasteiger charge is -2.17. The molecule has 37 heavy (non-hydrogen) atoms. The molecule has 5 aromatic rings. The second-order valence-corrected chi connectivity index (χ2v) is 9.29. The number of rotatable bonds is 5. The van der Waals surface area contributed by atoms with Gasteiger partial charge < -0.3 is 24.8 Å². The second-order valence-electron chi connectivity index (χ2n) is 9.29. The topological polar surface area (TPSA) is 97.2 Å². The number of nitrogens with zero attached hydrogens (tertiary/aromatic N) is 5. The van der Waals surface area contributed by atoms with Gasteiger partial charge in [-0.2, -0.15) is 0 Å². The van der Waals surface area contributed by atoms with Crippen LogP contribution in [-0.2, 0) is 7.05 Å². The molecule has 9 nitrogen and oxygen atoms in total. The van der Waals surface area contributed by atoms with Crippen LogP contribution < -0.4 is 15.4 Å². The predicted molar refractivity (Wildman–Crippen MR) is 145 cm³/mol. The molecule has 0 saturated carbocycles. The molecule has 0 atom stereocenters. The number of imidazole rings is 1. The van der Waals surface area contributed by atoms with Gasteiger partial charge in [0.05, 0.1) is 22.9 Å². The van der Waals surface area contributed by atoms with E-state index in [0.717, 1.165) is 70.6 Å². The number of urea groups is 1. The largest absolute Gasteiger partial charge is 0.457 e. The summed E-state index contributed by atoms with van der Waals surface area (Å²) in [5, 5.41) is 7.22. The number of hydrogen-bond acceptors (Lipinski definition) is 6. The van der Waals surface area contributed by atoms with Crippen molar-refractivity contribution < 1.29 is 9.53 Å². The third-order valence-electron chi connectivity index (χ3n) is 6.64. The third kappa shape index (κ3) is 4.63. The molecule has 3 aromatic carbocycles. The molecular formula is C28H27N7O2. The van der Waals surface area contributed by atoms with Crippen molar-refractivity contribution in [3.05, 3.63) is 72.8 Å². The zero-order chi connectivity index (χ0) is 25.4. The normalized spacial score (nSPS) is 13.3. The molecule has 0 bridgehead atoms. The van der Waals surface area contributed by atoms with E-state index in [4.69, 9.17) is 4.74 Å². The molecule has 2 aromatic heterocycles. The highest BCUT2D eigenvalue weighted by atomic mass is 16.5. The first-order valence-corrected chi connectivity index (χ1v) is 12.3. The molecular weight excluding hydrogens is 466 g/mol. The summed E-state index contributed by atoms with van der Waals surface area (Å²) in [4.78, 5) is 27.6. The minimum Gasteiger partial charge on any atom is -0.457 e. The number of aryl methyl sites for hydroxylation is 2. The summed E-state index contributed by atoms with van der Waals surface area (Å²) >= 11 is 0. The van der Waals surface area contributed by atoms with Crippen LogP contribution in [-0.4, -0.2) is 43.5 Å². The molecule has 1 fully saturated rings. The Kier molecular flexibility index (Phi) is 5.80. The van der Waals surface area contributed by atoms with Crippen LogP contribution >= 0.6 is 0 Å². The lowest BCUT2D eigenvalue weighted by Crippen LogP contribution is -2.32. The summed E-state index contributed by atoms with van der Waals surface area (Å²) in [6.45, 7) is 3.60. The molecule has 0 radical (unpaired) electrons. The van der Waals surface area contributed by atoms with E-state index in [1.54, 1.807) is 6.33 Å². The van der Waals surface area contributed by atoms with Crippen molar-refractivity contribution in [2.45, 2.75) is 19.8 Å². The van der Waals surface area contributed by atoms with E-state index < -0.39 is 0 Å². The van der Waals surface area contributed by atoms with Crippen LogP contribution in [0.1, 0.15) is 18.4 Å². The van der Waals surface area contributed by atoms with E-state index in [-0.39, 0.29) is 6.03 Å². The first-order valence-electron chi connectivity index (χ1n) is 12.3. The van der Waals surface area contributed by atoms with Crippen molar-refractivity contribution in [3.8, 4) is 11.5 Å². The SMILES string of the molecule is Cc1cc(Nc2ncnc3ccc(NC(=O)N4CCCC4)cc23)ccc1Oc1ccc2c(c1)ncn2C. The molecule has 1 aliphatic rings. The Morgan fingerprint density at radius 2 is 1.76 bits per heavy atom. The van der Waals surface area contributed by atoms with Crippen molar-refractivity contribution in [2.75, 3.05) is 23.7 Å². The maximum absolute atomic E-state index is 12.5. The number of nitrogens with one attached hydrogen (secondary N) is 2. The van der Waals surface area contributed by atoms with Gasteiger partial charge in [-0.1, -0.05) is 0 Å². The highest BCUT2D eigenvalue weighted by molar-refractivity contribution is 5.97. The first-order chi connectivity index (χ1) is 18.0. The van der Waals surface area contributed by atoms with E-state index in [1.165, 1.54) is 6.33 Å². The molecule has 0 aliphatic carbocycles. The minimum atomic E-state index is -0.0726. The monoisotopic (exact) mass is 493 g/mol. The van der Waals surface area contributed by atoms with Gasteiger partial charge in [-0.25, -0.2) is 19.7 Å². The fourth-order valence-corrected chi connectivity index (χ4v) is 4.64. The number of hydrogen-bond donors (Lipinski definition) is 2. The number of anilines is 3. The number of fused-ring (bicyclic) bond motifs is 2. The van der Waals surface area contributed by atoms with Gasteiger partial charge in [0.1, 0.15) is 23.6 Å². The Bertz CT molecular complexity index is 1620. The Morgan fingerprint density at radius 3 is 2.59 bits per heavy atom. The van der Waals surface area contributed by atoms with Crippen molar-refractivity contribution in [1.82, 2.24) is 24.4 Å². The Balaban J connectivity index is 1.21. The van der Waals surface area contributed by atoms with Crippen molar-refractivity contribution in [1.29, 1.82) is 0 Å². The smallest absolute Gasteiger partial charge is 0.321 e. The molecule has 1 aliphatic heterocycles. The number of ether oxygens (including phenoxy) is 1. The molecule has 186 valence electrons. The van der Waals surface area contributed by atoms with Crippen molar-refractivity contribution in [2.24, 2.45) is 7.05 Å². The van der Waals surface area contributed by atoms with Gasteiger partial charge in [0.2, 0.25) is 0 Å². The molecule has 0 spiro atoms. The van der Waals surface area contributed by atoms with Gasteiger partial charge in [-0.15, -0.1) is 0 Å². The van der Waals surface area contributed by atoms with Crippen LogP contribution in [0.25, 0.3) is 21.9 Å². The first kappa shape index (κ1) is 22.8. The van der Waals surface area contributed by atoms with Crippen LogP contribution in [0.15, 0.2) is 67.3 Å². The summed E-state index contributed by atoms with van der Waals surface area (Å²) in [5.41, 5.74) is 5.30. The maximum atomic E-state index is 12.5. The van der Waals surface area contributed by atoms with Gasteiger partial charge >= 0.3 is 6.03 Å². The fraction of sp³-hybridized carbons (Fsp3) is 0.214. The third-order valence-corrected chi connectivity index (χ3v) is 6.64. The average molecular weight is 494 g/mol. The summed E-state index contributed by atoms with van der Waals surface area (Å²) in [5.74, 6) is 2.16. The summed E-state index contributed by atoms with van der Waals surface area (Å²) in [6.07, 6.45) is 5.43. The lowest BCUT2D eigenvalue weighted by atomic mass is 10.1. The van der Waals surface area contributed by atoms with E-state index in [2.05, 4.69) is 25.6 Å². The van der Waals surface area contributed by atoms with Crippen LogP contribution in [0, 0.1) is 6.92 Å². The molecule has 3 heterocycles. The van der Waals surface area contributed by atoms with Crippen LogP contribution in [0.2, 0.25) is 0 Å². The van der Waals surface area contributed by atoms with Gasteiger partial charge in [0.25, 0.3) is 0 Å². The molecule has 2 N–H and O–H groups in total. The standard InChI is InChI=1S/C28H27N7O2/c1-18-13-19(6-10-26(18)37-21-7-9-25-24(15-21)31-17-34(25)2)32-27-22-14-20(5-8-23(22)29-16-30-27)33-28(36)35-11-3-4-12-35/h5-10,13-17H,3-4,11-12H2,1-2H3,(H,33,36)(H,29,30,32). The van der Waals surface area contributed by atoms with Gasteiger partial charge in [0.15, 0.2) is 0 Å². The van der Waals surface area contributed by atoms with E-state index in [1.807, 2.05) is 78.0 Å². The lowest BCUT2D eigenvalue weighted by molar-refractivity contribution is 0.222. The molecule has 6 rings (SSSR count). The van der Waals surface area contributed by atoms with Crippen LogP contribution in [0.5, 0.6) is 11.5 Å². The number of carbonyl (C=O) groups is 1. The summed E-state index contributed by atoms with van der Waals surface area (Å²) in [6, 6.07) is 17.4. The van der Waals surface area contributed by atoms with Gasteiger partial charge in [0, 0.05) is 43.0 Å². The minimum absolute atomic E-state index is 0.0726. The zero-order valence-corrected chi connectivity index (χ0v) is 20.7. The molecule has 9 heteroatoms. The fourth-order valence-electron chi connectivity index (χ4n) is 4.64. The van der Waals surface area contributed by atoms with E-state index in [9.17, 15) is 4.79 Å². The van der Waals surface area contributed by atoms with Crippen LogP contribution in [0.4, 0.5) is 22.0 Å². The van der Waals surface area contributed by atoms with Gasteiger partial charge in [-0.3, -0.25) is 0 Å². The van der Waals surface area contributed by atoms with Crippen molar-refractivity contribution in [3.63, 3.8) is 0 Å². The number of aromatic nitrogens is 4. The Morgan fingerprint density at radius 1 is 0.919 bits per heavy atom. The number of likely N-dealkylation sites (tertiary alicyclic amines) is 1. The number of benzene rings is 3. The zero-order valence-electron chi connectivity index (χ0n) is 20.7. The number of carbonyl (C=O) groups excluding carboxylic acids is 1. The Hall–Kier alpha value is -4.66. The summed E-state index contributed by atoms with van der Waals surface area (Å²) in [7, 11) is 1.97. The molecule has 2 amide bonds. The van der Waals surface area contributed by atoms with E-state index >= 15 is 0 Å². The second kappa shape index (κ2) is 9.42. The van der Waals surface area contributed by atoms with Crippen molar-refractivity contribution >= 4 is 45.2 Å². The average Bonchev–Trinajstić information content (AvgIpc) is 3.57. The Labute approximate surface area is 214 Å². The number of amides is 2. The quantitative estimate of drug-likeness (QED) is 0.312. The predicted octanol–water partition coefficient (Wildman–Crippen LogP) is 5.99. The van der Waals surface area contributed by atoms with E-state index in [0.29, 0.717) is 11.5 Å². The van der Waals surface area contributed by atoms with Crippen LogP contribution in [0.3, 0.4) is 0 Å². The molecule has 1 saturated heterocycles. The highest BCUT2D eigenvalue weighted by Gasteiger charge is 2.18. The molecule has 0 unspecified atom stereocenters. The van der Waals surface area contributed by atoms with Gasteiger partial charge in [-0.05, 0) is 73.9 Å².